The second-order valence-electron chi connectivity index (χ2n) is 5.54. The lowest BCUT2D eigenvalue weighted by molar-refractivity contribution is 0.0696. The van der Waals surface area contributed by atoms with Crippen LogP contribution in [0.15, 0.2) is 36.5 Å². The molecular weight excluding hydrogens is 328 g/mol. The minimum absolute atomic E-state index is 0.145. The molecule has 0 unspecified atom stereocenters. The molecule has 21 heavy (non-hydrogen) atoms. The Hall–Kier alpha value is -1.42. The molecular formula is C17H19BrN2O. The minimum Gasteiger partial charge on any atom is -0.335 e. The number of carbonyl (C=O) groups excluding carboxylic acids is 1. The highest BCUT2D eigenvalue weighted by atomic mass is 79.9. The highest BCUT2D eigenvalue weighted by Gasteiger charge is 2.26. The second-order valence-corrected chi connectivity index (χ2v) is 6.33. The average Bonchev–Trinajstić information content (AvgIpc) is 3.05. The lowest BCUT2D eigenvalue weighted by Crippen LogP contribution is -2.40. The molecule has 0 bridgehead atoms. The Morgan fingerprint density at radius 1 is 1.29 bits per heavy atom. The number of hydrogen-bond donors (Lipinski definition) is 0. The third kappa shape index (κ3) is 3.10. The fraction of sp³-hybridized carbons (Fsp3) is 0.412. The van der Waals surface area contributed by atoms with Gasteiger partial charge in [-0.1, -0.05) is 34.8 Å². The molecule has 1 amide bonds. The Labute approximate surface area is 133 Å². The molecule has 0 spiro atoms. The zero-order chi connectivity index (χ0) is 14.7. The molecule has 1 aliphatic rings. The van der Waals surface area contributed by atoms with Crippen LogP contribution in [0.3, 0.4) is 0 Å². The zero-order valence-corrected chi connectivity index (χ0v) is 13.6. The predicted octanol–water partition coefficient (Wildman–Crippen LogP) is 4.01. The second kappa shape index (κ2) is 6.56. The maximum atomic E-state index is 12.9. The number of fused-ring (bicyclic) bond motifs is 1. The van der Waals surface area contributed by atoms with Crippen LogP contribution in [0.2, 0.25) is 0 Å². The van der Waals surface area contributed by atoms with Crippen molar-refractivity contribution in [2.24, 2.45) is 0 Å². The molecule has 0 atom stereocenters. The van der Waals surface area contributed by atoms with Crippen LogP contribution in [0.1, 0.15) is 36.0 Å². The molecule has 1 heterocycles. The van der Waals surface area contributed by atoms with E-state index in [1.807, 2.05) is 35.2 Å². The normalized spacial score (nSPS) is 15.5. The van der Waals surface area contributed by atoms with Gasteiger partial charge in [-0.2, -0.15) is 0 Å². The largest absolute Gasteiger partial charge is 0.335 e. The van der Waals surface area contributed by atoms with Gasteiger partial charge in [-0.25, -0.2) is 0 Å². The van der Waals surface area contributed by atoms with Crippen LogP contribution in [0.4, 0.5) is 0 Å². The number of hydrogen-bond acceptors (Lipinski definition) is 2. The molecule has 0 radical (unpaired) electrons. The number of aromatic nitrogens is 1. The minimum atomic E-state index is 0.145. The summed E-state index contributed by atoms with van der Waals surface area (Å²) in [5.41, 5.74) is 1.70. The summed E-state index contributed by atoms with van der Waals surface area (Å²) in [4.78, 5) is 19.2. The Bertz CT molecular complexity index is 637. The van der Waals surface area contributed by atoms with Crippen molar-refractivity contribution in [2.75, 3.05) is 11.9 Å². The van der Waals surface area contributed by atoms with Gasteiger partial charge in [0.2, 0.25) is 0 Å². The first-order chi connectivity index (χ1) is 10.3. The SMILES string of the molecule is O=C(c1ccc2ncccc2c1)N(CCBr)C1CCCC1. The van der Waals surface area contributed by atoms with Gasteiger partial charge in [-0.05, 0) is 37.1 Å². The summed E-state index contributed by atoms with van der Waals surface area (Å²) in [6.07, 6.45) is 6.51. The first-order valence-corrected chi connectivity index (χ1v) is 8.63. The van der Waals surface area contributed by atoms with Crippen molar-refractivity contribution in [3.05, 3.63) is 42.1 Å². The van der Waals surface area contributed by atoms with E-state index in [9.17, 15) is 4.79 Å². The summed E-state index contributed by atoms with van der Waals surface area (Å²) in [7, 11) is 0. The van der Waals surface area contributed by atoms with Crippen molar-refractivity contribution in [1.82, 2.24) is 9.88 Å². The summed E-state index contributed by atoms with van der Waals surface area (Å²) in [5.74, 6) is 0.145. The molecule has 1 aliphatic carbocycles. The van der Waals surface area contributed by atoms with Crippen LogP contribution in [0.5, 0.6) is 0 Å². The molecule has 3 rings (SSSR count). The molecule has 2 aromatic rings. The van der Waals surface area contributed by atoms with Gasteiger partial charge in [0.15, 0.2) is 0 Å². The molecule has 3 nitrogen and oxygen atoms in total. The van der Waals surface area contributed by atoms with Gasteiger partial charge in [-0.15, -0.1) is 0 Å². The highest BCUT2D eigenvalue weighted by molar-refractivity contribution is 9.09. The van der Waals surface area contributed by atoms with E-state index in [0.29, 0.717) is 6.04 Å². The molecule has 0 saturated heterocycles. The Morgan fingerprint density at radius 3 is 2.86 bits per heavy atom. The number of pyridine rings is 1. The van der Waals surface area contributed by atoms with E-state index in [1.54, 1.807) is 6.20 Å². The highest BCUT2D eigenvalue weighted by Crippen LogP contribution is 2.25. The van der Waals surface area contributed by atoms with E-state index in [4.69, 9.17) is 0 Å². The monoisotopic (exact) mass is 346 g/mol. The molecule has 0 aliphatic heterocycles. The molecule has 1 fully saturated rings. The van der Waals surface area contributed by atoms with Gasteiger partial charge in [0, 0.05) is 35.1 Å². The smallest absolute Gasteiger partial charge is 0.254 e. The molecule has 4 heteroatoms. The molecule has 1 saturated carbocycles. The maximum absolute atomic E-state index is 12.9. The topological polar surface area (TPSA) is 33.2 Å². The number of nitrogens with zero attached hydrogens (tertiary/aromatic N) is 2. The van der Waals surface area contributed by atoms with Crippen molar-refractivity contribution in [3.63, 3.8) is 0 Å². The number of benzene rings is 1. The molecule has 1 aromatic carbocycles. The summed E-state index contributed by atoms with van der Waals surface area (Å²) in [6.45, 7) is 0.772. The summed E-state index contributed by atoms with van der Waals surface area (Å²) in [5, 5.41) is 1.85. The van der Waals surface area contributed by atoms with E-state index in [1.165, 1.54) is 12.8 Å². The third-order valence-electron chi connectivity index (χ3n) is 4.20. The molecule has 0 N–H and O–H groups in total. The van der Waals surface area contributed by atoms with Gasteiger partial charge in [0.05, 0.1) is 5.52 Å². The van der Waals surface area contributed by atoms with E-state index < -0.39 is 0 Å². The number of alkyl halides is 1. The quantitative estimate of drug-likeness (QED) is 0.783. The van der Waals surface area contributed by atoms with Crippen LogP contribution in [0.25, 0.3) is 10.9 Å². The van der Waals surface area contributed by atoms with E-state index in [-0.39, 0.29) is 5.91 Å². The van der Waals surface area contributed by atoms with Crippen LogP contribution in [-0.2, 0) is 0 Å². The van der Waals surface area contributed by atoms with Crippen LogP contribution >= 0.6 is 15.9 Å². The average molecular weight is 347 g/mol. The van der Waals surface area contributed by atoms with Crippen molar-refractivity contribution >= 4 is 32.7 Å². The zero-order valence-electron chi connectivity index (χ0n) is 12.0. The first-order valence-electron chi connectivity index (χ1n) is 7.51. The van der Waals surface area contributed by atoms with Crippen molar-refractivity contribution in [1.29, 1.82) is 0 Å². The number of amides is 1. The van der Waals surface area contributed by atoms with Gasteiger partial charge in [-0.3, -0.25) is 9.78 Å². The van der Waals surface area contributed by atoms with Crippen molar-refractivity contribution in [2.45, 2.75) is 31.7 Å². The van der Waals surface area contributed by atoms with Crippen molar-refractivity contribution in [3.8, 4) is 0 Å². The van der Waals surface area contributed by atoms with E-state index in [0.717, 1.165) is 41.2 Å². The Kier molecular flexibility index (Phi) is 4.54. The van der Waals surface area contributed by atoms with Crippen LogP contribution < -0.4 is 0 Å². The van der Waals surface area contributed by atoms with Gasteiger partial charge < -0.3 is 4.90 Å². The molecule has 1 aromatic heterocycles. The van der Waals surface area contributed by atoms with Crippen LogP contribution in [-0.4, -0.2) is 33.7 Å². The first kappa shape index (κ1) is 14.5. The predicted molar refractivity (Wildman–Crippen MR) is 88.8 cm³/mol. The van der Waals surface area contributed by atoms with E-state index >= 15 is 0 Å². The maximum Gasteiger partial charge on any atom is 0.254 e. The Morgan fingerprint density at radius 2 is 2.10 bits per heavy atom. The molecule has 110 valence electrons. The van der Waals surface area contributed by atoms with Gasteiger partial charge >= 0.3 is 0 Å². The van der Waals surface area contributed by atoms with Gasteiger partial charge in [0.1, 0.15) is 0 Å². The fourth-order valence-corrected chi connectivity index (χ4v) is 3.51. The Balaban J connectivity index is 1.89. The summed E-state index contributed by atoms with van der Waals surface area (Å²) < 4.78 is 0. The fourth-order valence-electron chi connectivity index (χ4n) is 3.13. The van der Waals surface area contributed by atoms with Crippen LogP contribution in [0, 0.1) is 0 Å². The van der Waals surface area contributed by atoms with Gasteiger partial charge in [0.25, 0.3) is 5.91 Å². The number of halogens is 1. The van der Waals surface area contributed by atoms with Crippen molar-refractivity contribution < 1.29 is 4.79 Å². The summed E-state index contributed by atoms with van der Waals surface area (Å²) >= 11 is 3.47. The van der Waals surface area contributed by atoms with E-state index in [2.05, 4.69) is 20.9 Å². The lowest BCUT2D eigenvalue weighted by Gasteiger charge is -2.28. The number of carbonyl (C=O) groups is 1. The summed E-state index contributed by atoms with van der Waals surface area (Å²) in [6, 6.07) is 10.1. The lowest BCUT2D eigenvalue weighted by atomic mass is 10.1. The number of rotatable bonds is 4. The third-order valence-corrected chi connectivity index (χ3v) is 4.56. The standard InChI is InChI=1S/C17H19BrN2O/c18-9-11-20(15-5-1-2-6-15)17(21)14-7-8-16-13(12-14)4-3-10-19-16/h3-4,7-8,10,12,15H,1-2,5-6,9,11H2.